The second kappa shape index (κ2) is 3.67. The molecule has 13 heavy (non-hydrogen) atoms. The molecule has 0 aromatic carbocycles. The van der Waals surface area contributed by atoms with Crippen LogP contribution in [-0.4, -0.2) is 18.2 Å². The number of aromatic nitrogens is 2. The highest BCUT2D eigenvalue weighted by Gasteiger charge is 2.13. The third kappa shape index (κ3) is 3.00. The Morgan fingerprint density at radius 2 is 2.23 bits per heavy atom. The SMILES string of the molecule is CC(C)Cn1ccc(S(=O)(=O)Cl)n1. The number of hydrogen-bond acceptors (Lipinski definition) is 3. The number of rotatable bonds is 3. The van der Waals surface area contributed by atoms with Crippen LogP contribution in [0.4, 0.5) is 0 Å². The second-order valence-electron chi connectivity index (χ2n) is 3.21. The van der Waals surface area contributed by atoms with Crippen molar-refractivity contribution in [1.29, 1.82) is 0 Å². The molecular formula is C7H11ClN2O2S. The van der Waals surface area contributed by atoms with Gasteiger partial charge in [-0.05, 0) is 12.0 Å². The van der Waals surface area contributed by atoms with E-state index in [0.717, 1.165) is 0 Å². The minimum atomic E-state index is -3.68. The van der Waals surface area contributed by atoms with E-state index in [1.165, 1.54) is 6.07 Å². The Hall–Kier alpha value is -0.550. The van der Waals surface area contributed by atoms with Gasteiger partial charge in [-0.2, -0.15) is 5.10 Å². The van der Waals surface area contributed by atoms with E-state index in [2.05, 4.69) is 5.10 Å². The van der Waals surface area contributed by atoms with Crippen LogP contribution < -0.4 is 0 Å². The smallest absolute Gasteiger partial charge is 0.271 e. The first-order valence-electron chi connectivity index (χ1n) is 3.87. The zero-order valence-corrected chi connectivity index (χ0v) is 9.01. The lowest BCUT2D eigenvalue weighted by atomic mass is 10.2. The third-order valence-electron chi connectivity index (χ3n) is 1.42. The Kier molecular flexibility index (Phi) is 2.98. The molecule has 0 radical (unpaired) electrons. The summed E-state index contributed by atoms with van der Waals surface area (Å²) in [4.78, 5) is 0. The Morgan fingerprint density at radius 1 is 1.62 bits per heavy atom. The highest BCUT2D eigenvalue weighted by Crippen LogP contribution is 2.11. The van der Waals surface area contributed by atoms with Crippen molar-refractivity contribution in [3.05, 3.63) is 12.3 Å². The van der Waals surface area contributed by atoms with Crippen molar-refractivity contribution in [2.24, 2.45) is 5.92 Å². The highest BCUT2D eigenvalue weighted by molar-refractivity contribution is 8.13. The van der Waals surface area contributed by atoms with Gasteiger partial charge in [-0.25, -0.2) is 8.42 Å². The Bertz CT molecular complexity index is 383. The van der Waals surface area contributed by atoms with Crippen molar-refractivity contribution < 1.29 is 8.42 Å². The second-order valence-corrected chi connectivity index (χ2v) is 5.72. The maximum absolute atomic E-state index is 10.8. The molecule has 0 fully saturated rings. The van der Waals surface area contributed by atoms with Crippen LogP contribution in [0, 0.1) is 5.92 Å². The highest BCUT2D eigenvalue weighted by atomic mass is 35.7. The van der Waals surface area contributed by atoms with Crippen LogP contribution in [0.5, 0.6) is 0 Å². The number of hydrogen-bond donors (Lipinski definition) is 0. The van der Waals surface area contributed by atoms with E-state index < -0.39 is 9.05 Å². The van der Waals surface area contributed by atoms with E-state index in [-0.39, 0.29) is 5.03 Å². The molecule has 0 saturated carbocycles. The predicted molar refractivity (Wildman–Crippen MR) is 50.1 cm³/mol. The zero-order valence-electron chi connectivity index (χ0n) is 7.44. The van der Waals surface area contributed by atoms with Gasteiger partial charge in [0.2, 0.25) is 0 Å². The van der Waals surface area contributed by atoms with Crippen molar-refractivity contribution in [1.82, 2.24) is 9.78 Å². The molecule has 0 bridgehead atoms. The van der Waals surface area contributed by atoms with Crippen molar-refractivity contribution in [2.75, 3.05) is 0 Å². The monoisotopic (exact) mass is 222 g/mol. The zero-order chi connectivity index (χ0) is 10.1. The summed E-state index contributed by atoms with van der Waals surface area (Å²) in [6.07, 6.45) is 1.61. The van der Waals surface area contributed by atoms with Gasteiger partial charge >= 0.3 is 0 Å². The fourth-order valence-electron chi connectivity index (χ4n) is 0.949. The number of halogens is 1. The van der Waals surface area contributed by atoms with Gasteiger partial charge in [0.25, 0.3) is 9.05 Å². The van der Waals surface area contributed by atoms with E-state index in [4.69, 9.17) is 10.7 Å². The fraction of sp³-hybridized carbons (Fsp3) is 0.571. The van der Waals surface area contributed by atoms with Crippen LogP contribution in [0.1, 0.15) is 13.8 Å². The van der Waals surface area contributed by atoms with Crippen LogP contribution in [0.15, 0.2) is 17.3 Å². The molecule has 0 amide bonds. The van der Waals surface area contributed by atoms with E-state index in [1.54, 1.807) is 10.9 Å². The number of nitrogens with zero attached hydrogens (tertiary/aromatic N) is 2. The van der Waals surface area contributed by atoms with Crippen LogP contribution in [0.25, 0.3) is 0 Å². The molecule has 1 aromatic heterocycles. The first-order chi connectivity index (χ1) is 5.89. The van der Waals surface area contributed by atoms with Crippen molar-refractivity contribution >= 4 is 19.7 Å². The Balaban J connectivity index is 2.88. The van der Waals surface area contributed by atoms with Crippen LogP contribution >= 0.6 is 10.7 Å². The molecule has 0 unspecified atom stereocenters. The molecule has 0 N–H and O–H groups in total. The lowest BCUT2D eigenvalue weighted by Crippen LogP contribution is -2.05. The summed E-state index contributed by atoms with van der Waals surface area (Å²) in [5.74, 6) is 0.422. The van der Waals surface area contributed by atoms with E-state index in [9.17, 15) is 8.42 Å². The van der Waals surface area contributed by atoms with E-state index >= 15 is 0 Å². The molecule has 0 spiro atoms. The van der Waals surface area contributed by atoms with Crippen molar-refractivity contribution in [3.8, 4) is 0 Å². The molecule has 1 heterocycles. The van der Waals surface area contributed by atoms with E-state index in [1.807, 2.05) is 13.8 Å². The van der Waals surface area contributed by atoms with Gasteiger partial charge in [-0.1, -0.05) is 13.8 Å². The maximum Gasteiger partial charge on any atom is 0.280 e. The minimum Gasteiger partial charge on any atom is -0.271 e. The molecule has 0 aliphatic carbocycles. The van der Waals surface area contributed by atoms with Crippen molar-refractivity contribution in [3.63, 3.8) is 0 Å². The predicted octanol–water partition coefficient (Wildman–Crippen LogP) is 1.47. The quantitative estimate of drug-likeness (QED) is 0.728. The molecule has 6 heteroatoms. The molecule has 1 aromatic rings. The maximum atomic E-state index is 10.8. The van der Waals surface area contributed by atoms with Crippen LogP contribution in [0.3, 0.4) is 0 Å². The first-order valence-corrected chi connectivity index (χ1v) is 6.18. The van der Waals surface area contributed by atoms with Gasteiger partial charge in [-0.15, -0.1) is 0 Å². The van der Waals surface area contributed by atoms with Crippen LogP contribution in [0.2, 0.25) is 0 Å². The summed E-state index contributed by atoms with van der Waals surface area (Å²) in [6.45, 7) is 4.74. The van der Waals surface area contributed by atoms with E-state index in [0.29, 0.717) is 12.5 Å². The molecule has 0 aliphatic rings. The van der Waals surface area contributed by atoms with Crippen molar-refractivity contribution in [2.45, 2.75) is 25.4 Å². The summed E-state index contributed by atoms with van der Waals surface area (Å²) >= 11 is 0. The topological polar surface area (TPSA) is 52.0 Å². The standard InChI is InChI=1S/C7H11ClN2O2S/c1-6(2)5-10-4-3-7(9-10)13(8,11)12/h3-4,6H,5H2,1-2H3. The van der Waals surface area contributed by atoms with Gasteiger partial charge in [0, 0.05) is 23.4 Å². The Morgan fingerprint density at radius 3 is 2.62 bits per heavy atom. The average molecular weight is 223 g/mol. The normalized spacial score (nSPS) is 12.3. The summed E-state index contributed by atoms with van der Waals surface area (Å²) < 4.78 is 23.2. The molecule has 1 rings (SSSR count). The first kappa shape index (κ1) is 10.5. The molecule has 0 saturated heterocycles. The molecule has 4 nitrogen and oxygen atoms in total. The third-order valence-corrected chi connectivity index (χ3v) is 2.61. The summed E-state index contributed by atoms with van der Waals surface area (Å²) in [5.41, 5.74) is 0. The van der Waals surface area contributed by atoms with Gasteiger partial charge < -0.3 is 0 Å². The van der Waals surface area contributed by atoms with Crippen LogP contribution in [-0.2, 0) is 15.6 Å². The lowest BCUT2D eigenvalue weighted by Gasteiger charge is -2.03. The Labute approximate surface area is 81.9 Å². The minimum absolute atomic E-state index is 0.0881. The summed E-state index contributed by atoms with van der Waals surface area (Å²) in [6, 6.07) is 1.39. The van der Waals surface area contributed by atoms with Gasteiger partial charge in [-0.3, -0.25) is 4.68 Å². The summed E-state index contributed by atoms with van der Waals surface area (Å²) in [5, 5.41) is 3.73. The van der Waals surface area contributed by atoms with Gasteiger partial charge in [0.15, 0.2) is 5.03 Å². The average Bonchev–Trinajstić information content (AvgIpc) is 2.32. The molecular weight excluding hydrogens is 212 g/mol. The fourth-order valence-corrected chi connectivity index (χ4v) is 1.62. The summed E-state index contributed by atoms with van der Waals surface area (Å²) in [7, 11) is 1.43. The lowest BCUT2D eigenvalue weighted by molar-refractivity contribution is 0.475. The van der Waals surface area contributed by atoms with Gasteiger partial charge in [0.05, 0.1) is 0 Å². The van der Waals surface area contributed by atoms with Gasteiger partial charge in [0.1, 0.15) is 0 Å². The largest absolute Gasteiger partial charge is 0.280 e. The molecule has 0 atom stereocenters. The molecule has 0 aliphatic heterocycles. The molecule has 74 valence electrons.